The number of hydroxylamine groups is 3. The summed E-state index contributed by atoms with van der Waals surface area (Å²) in [5.74, 6) is -1.37. The zero-order valence-corrected chi connectivity index (χ0v) is 10.4. The lowest BCUT2D eigenvalue weighted by Gasteiger charge is -2.13. The Labute approximate surface area is 115 Å². The van der Waals surface area contributed by atoms with Gasteiger partial charge in [-0.25, -0.2) is 5.48 Å². The highest BCUT2D eigenvalue weighted by molar-refractivity contribution is 5.94. The van der Waals surface area contributed by atoms with Crippen molar-refractivity contribution in [3.05, 3.63) is 71.8 Å². The molecule has 0 atom stereocenters. The van der Waals surface area contributed by atoms with Crippen LogP contribution in [-0.4, -0.2) is 22.2 Å². The van der Waals surface area contributed by atoms with Gasteiger partial charge < -0.3 is 0 Å². The number of carbonyl (C=O) groups excluding carboxylic acids is 2. The van der Waals surface area contributed by atoms with Crippen molar-refractivity contribution < 1.29 is 19.7 Å². The third kappa shape index (κ3) is 3.41. The first kappa shape index (κ1) is 13.7. The minimum absolute atomic E-state index is 0.0316. The smallest absolute Gasteiger partial charge is 0.267 e. The first-order valence-corrected chi connectivity index (χ1v) is 5.79. The van der Waals surface area contributed by atoms with Gasteiger partial charge in [0.2, 0.25) is 0 Å². The summed E-state index contributed by atoms with van der Waals surface area (Å²) in [6, 6.07) is 16.3. The van der Waals surface area contributed by atoms with E-state index in [1.54, 1.807) is 48.5 Å². The van der Waals surface area contributed by atoms with Gasteiger partial charge in [0.15, 0.2) is 0 Å². The van der Waals surface area contributed by atoms with Crippen molar-refractivity contribution in [3.8, 4) is 0 Å². The summed E-state index contributed by atoms with van der Waals surface area (Å²) in [4.78, 5) is 27.8. The molecule has 0 aliphatic carbocycles. The van der Waals surface area contributed by atoms with E-state index in [1.807, 2.05) is 5.48 Å². The molecule has 2 rings (SSSR count). The van der Waals surface area contributed by atoms with E-state index in [0.29, 0.717) is 5.56 Å². The number of nitrogens with one attached hydrogen (secondary N) is 1. The molecule has 0 bridgehead atoms. The Bertz CT molecular complexity index is 587. The minimum atomic E-state index is -0.793. The summed E-state index contributed by atoms with van der Waals surface area (Å²) >= 11 is 0. The van der Waals surface area contributed by atoms with Crippen molar-refractivity contribution in [1.29, 1.82) is 0 Å². The van der Waals surface area contributed by atoms with Gasteiger partial charge in [-0.15, -0.1) is 4.94 Å². The normalized spacial score (nSPS) is 9.85. The lowest BCUT2D eigenvalue weighted by Crippen LogP contribution is -2.36. The van der Waals surface area contributed by atoms with E-state index in [0.717, 1.165) is 0 Å². The van der Waals surface area contributed by atoms with Gasteiger partial charge in [-0.3, -0.25) is 14.8 Å². The van der Waals surface area contributed by atoms with E-state index in [2.05, 4.69) is 4.94 Å². The molecule has 102 valence electrons. The van der Waals surface area contributed by atoms with E-state index in [-0.39, 0.29) is 10.8 Å². The molecule has 0 fully saturated rings. The van der Waals surface area contributed by atoms with Crippen LogP contribution in [0.5, 0.6) is 0 Å². The molecule has 2 aromatic rings. The van der Waals surface area contributed by atoms with E-state index in [9.17, 15) is 14.8 Å². The lowest BCUT2D eigenvalue weighted by atomic mass is 10.2. The average molecular weight is 272 g/mol. The van der Waals surface area contributed by atoms with Gasteiger partial charge in [-0.2, -0.15) is 0 Å². The van der Waals surface area contributed by atoms with Crippen molar-refractivity contribution in [2.24, 2.45) is 0 Å². The fourth-order valence-electron chi connectivity index (χ4n) is 1.47. The van der Waals surface area contributed by atoms with Crippen LogP contribution in [0, 0.1) is 0 Å². The fourth-order valence-corrected chi connectivity index (χ4v) is 1.47. The molecule has 6 nitrogen and oxygen atoms in total. The van der Waals surface area contributed by atoms with Crippen molar-refractivity contribution in [3.63, 3.8) is 0 Å². The van der Waals surface area contributed by atoms with Gasteiger partial charge in [0.1, 0.15) is 0 Å². The molecule has 0 unspecified atom stereocenters. The summed E-state index contributed by atoms with van der Waals surface area (Å²) in [6.07, 6.45) is 0. The molecule has 0 spiro atoms. The quantitative estimate of drug-likeness (QED) is 0.657. The van der Waals surface area contributed by atoms with Crippen LogP contribution in [0.15, 0.2) is 60.7 Å². The van der Waals surface area contributed by atoms with E-state index >= 15 is 0 Å². The highest BCUT2D eigenvalue weighted by Crippen LogP contribution is 2.03. The third-order valence-electron chi connectivity index (χ3n) is 2.46. The second kappa shape index (κ2) is 6.46. The molecule has 20 heavy (non-hydrogen) atoms. The summed E-state index contributed by atoms with van der Waals surface area (Å²) in [5.41, 5.74) is 2.53. The van der Waals surface area contributed by atoms with Gasteiger partial charge in [0, 0.05) is 11.1 Å². The van der Waals surface area contributed by atoms with Crippen LogP contribution in [0.3, 0.4) is 0 Å². The maximum atomic E-state index is 11.7. The van der Waals surface area contributed by atoms with Crippen molar-refractivity contribution in [2.45, 2.75) is 0 Å². The first-order valence-electron chi connectivity index (χ1n) is 5.79. The highest BCUT2D eigenvalue weighted by Gasteiger charge is 2.16. The topological polar surface area (TPSA) is 78.9 Å². The monoisotopic (exact) mass is 272 g/mol. The Morgan fingerprint density at radius 2 is 1.40 bits per heavy atom. The van der Waals surface area contributed by atoms with Crippen LogP contribution in [0.1, 0.15) is 20.7 Å². The van der Waals surface area contributed by atoms with Gasteiger partial charge in [-0.1, -0.05) is 41.6 Å². The van der Waals surface area contributed by atoms with Gasteiger partial charge in [-0.05, 0) is 24.3 Å². The molecule has 0 heterocycles. The molecule has 0 radical (unpaired) electrons. The lowest BCUT2D eigenvalue weighted by molar-refractivity contribution is -0.319. The molecule has 0 saturated carbocycles. The molecule has 0 aliphatic rings. The molecule has 6 heteroatoms. The molecular weight excluding hydrogens is 260 g/mol. The summed E-state index contributed by atoms with van der Waals surface area (Å²) in [7, 11) is 0. The van der Waals surface area contributed by atoms with E-state index in [4.69, 9.17) is 0 Å². The molecule has 0 aromatic heterocycles. The summed E-state index contributed by atoms with van der Waals surface area (Å²) in [6.45, 7) is 0. The molecule has 0 aliphatic heterocycles. The van der Waals surface area contributed by atoms with Crippen LogP contribution in [-0.2, 0) is 4.94 Å². The Kier molecular flexibility index (Phi) is 4.43. The molecule has 2 amide bonds. The Morgan fingerprint density at radius 3 is 1.95 bits per heavy atom. The van der Waals surface area contributed by atoms with Crippen LogP contribution < -0.4 is 5.48 Å². The number of hydrogen-bond acceptors (Lipinski definition) is 4. The molecule has 0 saturated heterocycles. The second-order valence-corrected chi connectivity index (χ2v) is 3.83. The van der Waals surface area contributed by atoms with Crippen molar-refractivity contribution in [1.82, 2.24) is 10.7 Å². The number of benzene rings is 2. The largest absolute Gasteiger partial charge is 0.306 e. The summed E-state index contributed by atoms with van der Waals surface area (Å²) < 4.78 is 0. The maximum absolute atomic E-state index is 11.7. The third-order valence-corrected chi connectivity index (χ3v) is 2.46. The number of carbonyl (C=O) groups is 2. The second-order valence-electron chi connectivity index (χ2n) is 3.83. The number of amides is 2. The number of nitrogens with zero attached hydrogens (tertiary/aromatic N) is 1. The number of rotatable bonds is 4. The van der Waals surface area contributed by atoms with E-state index in [1.165, 1.54) is 12.1 Å². The predicted molar refractivity (Wildman–Crippen MR) is 69.4 cm³/mol. The Balaban J connectivity index is 1.91. The molecule has 2 N–H and O–H groups in total. The van der Waals surface area contributed by atoms with Gasteiger partial charge >= 0.3 is 5.91 Å². The SMILES string of the molecule is O=C(NON(O)C(=O)c1ccccc1)c1ccccc1. The zero-order chi connectivity index (χ0) is 14.4. The zero-order valence-electron chi connectivity index (χ0n) is 10.4. The highest BCUT2D eigenvalue weighted by atomic mass is 17.0. The Hall–Kier alpha value is -2.70. The molecular formula is C14H12N2O4. The molecule has 2 aromatic carbocycles. The minimum Gasteiger partial charge on any atom is -0.267 e. The van der Waals surface area contributed by atoms with Crippen LogP contribution in [0.2, 0.25) is 0 Å². The van der Waals surface area contributed by atoms with Crippen LogP contribution in [0.4, 0.5) is 0 Å². The van der Waals surface area contributed by atoms with Gasteiger partial charge in [0.25, 0.3) is 5.91 Å². The first-order chi connectivity index (χ1) is 9.68. The number of hydrogen-bond donors (Lipinski definition) is 2. The average Bonchev–Trinajstić information content (AvgIpc) is 2.53. The standard InChI is InChI=1S/C14H12N2O4/c17-13(11-7-3-1-4-8-11)15-20-16(19)14(18)12-9-5-2-6-10-12/h1-10,19H,(H,15,17). The van der Waals surface area contributed by atoms with Crippen molar-refractivity contribution >= 4 is 11.8 Å². The van der Waals surface area contributed by atoms with E-state index < -0.39 is 11.8 Å². The van der Waals surface area contributed by atoms with Crippen LogP contribution in [0.25, 0.3) is 0 Å². The predicted octanol–water partition coefficient (Wildman–Crippen LogP) is 1.79. The maximum Gasteiger partial charge on any atom is 0.306 e. The fraction of sp³-hybridized carbons (Fsp3) is 0. The van der Waals surface area contributed by atoms with Crippen LogP contribution >= 0.6 is 0 Å². The summed E-state index contributed by atoms with van der Waals surface area (Å²) in [5, 5.41) is 9.38. The van der Waals surface area contributed by atoms with Gasteiger partial charge in [0.05, 0.1) is 0 Å². The Morgan fingerprint density at radius 1 is 0.900 bits per heavy atom. The van der Waals surface area contributed by atoms with Crippen molar-refractivity contribution in [2.75, 3.05) is 0 Å².